The number of nitrogens with zero attached hydrogens (tertiary/aromatic N) is 2. The second kappa shape index (κ2) is 8.01. The molecule has 0 radical (unpaired) electrons. The van der Waals surface area contributed by atoms with Gasteiger partial charge in [0.15, 0.2) is 0 Å². The average Bonchev–Trinajstić information content (AvgIpc) is 3.28. The molecule has 3 atom stereocenters. The van der Waals surface area contributed by atoms with Crippen molar-refractivity contribution in [2.45, 2.75) is 26.8 Å². The first-order chi connectivity index (χ1) is 14.4. The number of anilines is 1. The van der Waals surface area contributed by atoms with Crippen LogP contribution >= 0.6 is 0 Å². The predicted octanol–water partition coefficient (Wildman–Crippen LogP) is 4.00. The van der Waals surface area contributed by atoms with Crippen molar-refractivity contribution < 1.29 is 14.3 Å². The fourth-order valence-corrected chi connectivity index (χ4v) is 4.95. The summed E-state index contributed by atoms with van der Waals surface area (Å²) in [5.41, 5.74) is 4.13. The van der Waals surface area contributed by atoms with E-state index in [-0.39, 0.29) is 23.9 Å². The van der Waals surface area contributed by atoms with E-state index in [0.29, 0.717) is 25.6 Å². The molecule has 0 bridgehead atoms. The molecule has 0 spiro atoms. The number of amides is 3. The minimum atomic E-state index is -0.0874. The van der Waals surface area contributed by atoms with E-state index in [1.54, 1.807) is 14.0 Å². The van der Waals surface area contributed by atoms with E-state index in [0.717, 1.165) is 17.0 Å². The van der Waals surface area contributed by atoms with Gasteiger partial charge in [0, 0.05) is 44.1 Å². The molecule has 0 aromatic heterocycles. The molecule has 0 saturated carbocycles. The highest BCUT2D eigenvalue weighted by molar-refractivity contribution is 5.90. The average molecular weight is 408 g/mol. The van der Waals surface area contributed by atoms with Gasteiger partial charge in [0.2, 0.25) is 5.91 Å². The van der Waals surface area contributed by atoms with Gasteiger partial charge < -0.3 is 19.9 Å². The van der Waals surface area contributed by atoms with Crippen LogP contribution in [0.25, 0.3) is 0 Å². The molecule has 2 aliphatic rings. The summed E-state index contributed by atoms with van der Waals surface area (Å²) in [6.45, 7) is 7.70. The van der Waals surface area contributed by atoms with Gasteiger partial charge >= 0.3 is 6.03 Å². The monoisotopic (exact) mass is 407 g/mol. The summed E-state index contributed by atoms with van der Waals surface area (Å²) >= 11 is 0. The van der Waals surface area contributed by atoms with E-state index >= 15 is 0 Å². The van der Waals surface area contributed by atoms with E-state index in [2.05, 4.69) is 24.4 Å². The predicted molar refractivity (Wildman–Crippen MR) is 117 cm³/mol. The Bertz CT molecular complexity index is 974. The Balaban J connectivity index is 1.52. The van der Waals surface area contributed by atoms with E-state index in [9.17, 15) is 9.59 Å². The first-order valence-corrected chi connectivity index (χ1v) is 10.4. The van der Waals surface area contributed by atoms with Crippen LogP contribution in [0, 0.1) is 25.7 Å². The van der Waals surface area contributed by atoms with Gasteiger partial charge in [0.25, 0.3) is 0 Å². The third kappa shape index (κ3) is 3.62. The zero-order valence-corrected chi connectivity index (χ0v) is 18.0. The van der Waals surface area contributed by atoms with Crippen LogP contribution in [0.15, 0.2) is 42.5 Å². The van der Waals surface area contributed by atoms with Crippen LogP contribution in [0.5, 0.6) is 5.75 Å². The normalized spacial score (nSPS) is 22.7. The molecule has 0 aliphatic carbocycles. The molecule has 6 nitrogen and oxygen atoms in total. The largest absolute Gasteiger partial charge is 0.497 e. The van der Waals surface area contributed by atoms with Crippen molar-refractivity contribution >= 4 is 17.6 Å². The van der Waals surface area contributed by atoms with Crippen LogP contribution < -0.4 is 10.1 Å². The topological polar surface area (TPSA) is 61.9 Å². The molecule has 2 saturated heterocycles. The lowest BCUT2D eigenvalue weighted by atomic mass is 9.87. The molecule has 2 heterocycles. The standard InChI is InChI=1S/C24H29N3O3/c1-15-7-5-6-8-20(15)23-21-14-26(12-18(21)13-27(23)17(3)28)24(29)25-22-10-9-19(30-4)11-16(22)2/h5-11,18,21,23H,12-14H2,1-4H3,(H,25,29)/t18-,21-,23+/m1/s1. The van der Waals surface area contributed by atoms with Gasteiger partial charge in [-0.15, -0.1) is 0 Å². The van der Waals surface area contributed by atoms with Crippen LogP contribution in [0.3, 0.4) is 0 Å². The zero-order valence-electron chi connectivity index (χ0n) is 18.0. The maximum Gasteiger partial charge on any atom is 0.321 e. The molecule has 3 amide bonds. The molecule has 0 unspecified atom stereocenters. The van der Waals surface area contributed by atoms with Crippen molar-refractivity contribution in [3.63, 3.8) is 0 Å². The number of aryl methyl sites for hydroxylation is 2. The number of ether oxygens (including phenoxy) is 1. The van der Waals surface area contributed by atoms with Crippen molar-refractivity contribution in [3.8, 4) is 5.75 Å². The number of benzene rings is 2. The van der Waals surface area contributed by atoms with Gasteiger partial charge in [0.05, 0.1) is 13.2 Å². The van der Waals surface area contributed by atoms with Gasteiger partial charge in [-0.2, -0.15) is 0 Å². The number of urea groups is 1. The number of hydrogen-bond acceptors (Lipinski definition) is 3. The molecule has 30 heavy (non-hydrogen) atoms. The van der Waals surface area contributed by atoms with Gasteiger partial charge in [0.1, 0.15) is 5.75 Å². The molecule has 6 heteroatoms. The zero-order chi connectivity index (χ0) is 21.4. The lowest BCUT2D eigenvalue weighted by Gasteiger charge is -2.30. The second-order valence-electron chi connectivity index (χ2n) is 8.41. The van der Waals surface area contributed by atoms with Crippen LogP contribution in [0.2, 0.25) is 0 Å². The van der Waals surface area contributed by atoms with E-state index in [1.165, 1.54) is 11.1 Å². The number of rotatable bonds is 3. The van der Waals surface area contributed by atoms with Gasteiger partial charge in [-0.05, 0) is 48.7 Å². The molecule has 158 valence electrons. The summed E-state index contributed by atoms with van der Waals surface area (Å²) < 4.78 is 5.24. The van der Waals surface area contributed by atoms with Crippen molar-refractivity contribution in [1.29, 1.82) is 0 Å². The fourth-order valence-electron chi connectivity index (χ4n) is 4.95. The Kier molecular flexibility index (Phi) is 5.41. The highest BCUT2D eigenvalue weighted by Gasteiger charge is 2.49. The number of carbonyl (C=O) groups is 2. The highest BCUT2D eigenvalue weighted by atomic mass is 16.5. The van der Waals surface area contributed by atoms with Crippen LogP contribution in [-0.2, 0) is 4.79 Å². The van der Waals surface area contributed by atoms with Crippen LogP contribution in [0.1, 0.15) is 29.7 Å². The van der Waals surface area contributed by atoms with Gasteiger partial charge in [-0.1, -0.05) is 24.3 Å². The van der Waals surface area contributed by atoms with Crippen molar-refractivity contribution in [2.24, 2.45) is 11.8 Å². The van der Waals surface area contributed by atoms with Crippen LogP contribution in [0.4, 0.5) is 10.5 Å². The lowest BCUT2D eigenvalue weighted by Crippen LogP contribution is -2.38. The first kappa shape index (κ1) is 20.3. The van der Waals surface area contributed by atoms with Crippen molar-refractivity contribution in [1.82, 2.24) is 9.80 Å². The highest BCUT2D eigenvalue weighted by Crippen LogP contribution is 2.45. The number of fused-ring (bicyclic) bond motifs is 1. The third-order valence-corrected chi connectivity index (χ3v) is 6.54. The Morgan fingerprint density at radius 3 is 2.47 bits per heavy atom. The summed E-state index contributed by atoms with van der Waals surface area (Å²) in [5.74, 6) is 1.41. The molecule has 2 aromatic carbocycles. The molecule has 2 aromatic rings. The molecular weight excluding hydrogens is 378 g/mol. The van der Waals surface area contributed by atoms with Crippen LogP contribution in [-0.4, -0.2) is 48.5 Å². The SMILES string of the molecule is COc1ccc(NC(=O)N2C[C@@H]3CN(C(C)=O)[C@@H](c4ccccc4C)[C@@H]3C2)c(C)c1. The smallest absolute Gasteiger partial charge is 0.321 e. The Morgan fingerprint density at radius 2 is 1.80 bits per heavy atom. The summed E-state index contributed by atoms with van der Waals surface area (Å²) in [5, 5.41) is 3.04. The maximum absolute atomic E-state index is 13.0. The molecule has 2 fully saturated rings. The Hall–Kier alpha value is -3.02. The summed E-state index contributed by atoms with van der Waals surface area (Å²) in [7, 11) is 1.63. The van der Waals surface area contributed by atoms with Gasteiger partial charge in [-0.3, -0.25) is 4.79 Å². The fraction of sp³-hybridized carbons (Fsp3) is 0.417. The van der Waals surface area contributed by atoms with E-state index in [4.69, 9.17) is 4.74 Å². The molecule has 2 aliphatic heterocycles. The number of hydrogen-bond donors (Lipinski definition) is 1. The first-order valence-electron chi connectivity index (χ1n) is 10.4. The second-order valence-corrected chi connectivity index (χ2v) is 8.41. The molecule has 1 N–H and O–H groups in total. The number of likely N-dealkylation sites (tertiary alicyclic amines) is 2. The van der Waals surface area contributed by atoms with E-state index in [1.807, 2.05) is 47.1 Å². The Labute approximate surface area is 177 Å². The van der Waals surface area contributed by atoms with Crippen molar-refractivity contribution in [2.75, 3.05) is 32.1 Å². The third-order valence-electron chi connectivity index (χ3n) is 6.54. The maximum atomic E-state index is 13.0. The lowest BCUT2D eigenvalue weighted by molar-refractivity contribution is -0.130. The summed E-state index contributed by atoms with van der Waals surface area (Å²) in [6.07, 6.45) is 0. The van der Waals surface area contributed by atoms with Crippen molar-refractivity contribution in [3.05, 3.63) is 59.2 Å². The number of carbonyl (C=O) groups excluding carboxylic acids is 2. The van der Waals surface area contributed by atoms with E-state index < -0.39 is 0 Å². The Morgan fingerprint density at radius 1 is 1.03 bits per heavy atom. The molecular formula is C24H29N3O3. The number of nitrogens with one attached hydrogen (secondary N) is 1. The minimum absolute atomic E-state index is 0.0224. The van der Waals surface area contributed by atoms with Gasteiger partial charge in [-0.25, -0.2) is 4.79 Å². The summed E-state index contributed by atoms with van der Waals surface area (Å²) in [4.78, 5) is 29.2. The molecule has 4 rings (SSSR count). The minimum Gasteiger partial charge on any atom is -0.497 e. The summed E-state index contributed by atoms with van der Waals surface area (Å²) in [6, 6.07) is 13.8. The quantitative estimate of drug-likeness (QED) is 0.837. The number of methoxy groups -OCH3 is 1.